The Bertz CT molecular complexity index is 366. The first kappa shape index (κ1) is 15.4. The van der Waals surface area contributed by atoms with Crippen LogP contribution in [0.5, 0.6) is 0 Å². The fraction of sp³-hybridized carbons (Fsp3) is 0.733. The third-order valence-corrected chi connectivity index (χ3v) is 5.24. The molecule has 0 unspecified atom stereocenters. The van der Waals surface area contributed by atoms with Crippen molar-refractivity contribution < 1.29 is 9.47 Å². The standard InChI is InChI=1S/C15H20BrClO2/c1-3-5-6-7-13-11(17)9-15(19-13)14-8-10(16)12(4-2)18-14/h1,5-6,10-15H,4,7-9H2,2H3/b6-5-/t10-,11+,12+,13-,14+,15-/m0/s1. The fourth-order valence-corrected chi connectivity index (χ4v) is 3.99. The van der Waals surface area contributed by atoms with Crippen LogP contribution in [0, 0.1) is 12.3 Å². The Kier molecular flexibility index (Phi) is 5.77. The van der Waals surface area contributed by atoms with Crippen molar-refractivity contribution in [2.45, 2.75) is 67.2 Å². The van der Waals surface area contributed by atoms with Gasteiger partial charge in [-0.15, -0.1) is 18.0 Å². The molecule has 0 aromatic carbocycles. The van der Waals surface area contributed by atoms with Gasteiger partial charge >= 0.3 is 0 Å². The maximum Gasteiger partial charge on any atom is 0.0856 e. The predicted molar refractivity (Wildman–Crippen MR) is 81.8 cm³/mol. The highest BCUT2D eigenvalue weighted by atomic mass is 79.9. The molecule has 106 valence electrons. The second-order valence-electron chi connectivity index (χ2n) is 5.14. The Morgan fingerprint density at radius 3 is 2.63 bits per heavy atom. The molecule has 0 saturated carbocycles. The topological polar surface area (TPSA) is 18.5 Å². The van der Waals surface area contributed by atoms with Crippen LogP contribution in [0.15, 0.2) is 12.2 Å². The summed E-state index contributed by atoms with van der Waals surface area (Å²) in [6.07, 6.45) is 13.1. The Hall–Kier alpha value is -0.0100. The molecule has 2 nitrogen and oxygen atoms in total. The minimum absolute atomic E-state index is 0.0467. The van der Waals surface area contributed by atoms with Gasteiger partial charge in [0.05, 0.1) is 29.8 Å². The number of terminal acetylenes is 1. The Labute approximate surface area is 129 Å². The van der Waals surface area contributed by atoms with Crippen LogP contribution in [0.3, 0.4) is 0 Å². The molecule has 0 aromatic rings. The minimum atomic E-state index is 0.0467. The van der Waals surface area contributed by atoms with Crippen molar-refractivity contribution in [2.24, 2.45) is 0 Å². The lowest BCUT2D eigenvalue weighted by molar-refractivity contribution is -0.0641. The van der Waals surface area contributed by atoms with Crippen LogP contribution in [0.25, 0.3) is 0 Å². The summed E-state index contributed by atoms with van der Waals surface area (Å²) in [5.74, 6) is 2.48. The first-order valence-corrected chi connectivity index (χ1v) is 8.21. The molecule has 2 fully saturated rings. The van der Waals surface area contributed by atoms with Gasteiger partial charge < -0.3 is 9.47 Å². The van der Waals surface area contributed by atoms with Crippen LogP contribution in [0.2, 0.25) is 0 Å². The van der Waals surface area contributed by atoms with E-state index in [1.54, 1.807) is 6.08 Å². The average Bonchev–Trinajstić information content (AvgIpc) is 2.93. The smallest absolute Gasteiger partial charge is 0.0856 e. The van der Waals surface area contributed by atoms with Gasteiger partial charge in [0, 0.05) is 4.83 Å². The summed E-state index contributed by atoms with van der Waals surface area (Å²) in [5, 5.41) is 0.0467. The van der Waals surface area contributed by atoms with Crippen LogP contribution >= 0.6 is 27.5 Å². The molecule has 0 amide bonds. The van der Waals surface area contributed by atoms with Gasteiger partial charge in [-0.1, -0.05) is 34.9 Å². The van der Waals surface area contributed by atoms with Crippen molar-refractivity contribution in [3.05, 3.63) is 12.2 Å². The second kappa shape index (κ2) is 7.13. The maximum atomic E-state index is 6.36. The molecule has 0 aliphatic carbocycles. The summed E-state index contributed by atoms with van der Waals surface area (Å²) in [6.45, 7) is 2.15. The quantitative estimate of drug-likeness (QED) is 0.571. The second-order valence-corrected chi connectivity index (χ2v) is 6.88. The zero-order chi connectivity index (χ0) is 13.8. The highest BCUT2D eigenvalue weighted by Gasteiger charge is 2.43. The largest absolute Gasteiger partial charge is 0.371 e. The number of hydrogen-bond donors (Lipinski definition) is 0. The van der Waals surface area contributed by atoms with Gasteiger partial charge in [0.15, 0.2) is 0 Å². The van der Waals surface area contributed by atoms with E-state index in [9.17, 15) is 0 Å². The van der Waals surface area contributed by atoms with Gasteiger partial charge in [-0.3, -0.25) is 0 Å². The van der Waals surface area contributed by atoms with E-state index >= 15 is 0 Å². The van der Waals surface area contributed by atoms with Crippen LogP contribution in [-0.4, -0.2) is 34.6 Å². The summed E-state index contributed by atoms with van der Waals surface area (Å²) in [4.78, 5) is 0.431. The molecule has 19 heavy (non-hydrogen) atoms. The summed E-state index contributed by atoms with van der Waals surface area (Å²) < 4.78 is 12.1. The molecular weight excluding hydrogens is 328 g/mol. The highest BCUT2D eigenvalue weighted by Crippen LogP contribution is 2.37. The molecule has 4 heteroatoms. The summed E-state index contributed by atoms with van der Waals surface area (Å²) >= 11 is 10.0. The highest BCUT2D eigenvalue weighted by molar-refractivity contribution is 9.09. The molecule has 0 bridgehead atoms. The SMILES string of the molecule is C#C/C=C\C[C@@H]1O[C@H]([C@H]2C[C@H](Br)[C@@H](CC)O2)C[C@H]1Cl. The van der Waals surface area contributed by atoms with E-state index in [2.05, 4.69) is 28.8 Å². The lowest BCUT2D eigenvalue weighted by Crippen LogP contribution is -2.26. The lowest BCUT2D eigenvalue weighted by Gasteiger charge is -2.19. The van der Waals surface area contributed by atoms with Gasteiger partial charge in [-0.25, -0.2) is 0 Å². The monoisotopic (exact) mass is 346 g/mol. The average molecular weight is 348 g/mol. The fourth-order valence-electron chi connectivity index (χ4n) is 2.78. The first-order valence-electron chi connectivity index (χ1n) is 6.85. The zero-order valence-corrected chi connectivity index (χ0v) is 13.4. The number of alkyl halides is 2. The molecule has 0 aromatic heterocycles. The Morgan fingerprint density at radius 2 is 2.00 bits per heavy atom. The molecule has 0 radical (unpaired) electrons. The van der Waals surface area contributed by atoms with Crippen LogP contribution in [-0.2, 0) is 9.47 Å². The van der Waals surface area contributed by atoms with Crippen molar-refractivity contribution >= 4 is 27.5 Å². The van der Waals surface area contributed by atoms with Gasteiger partial charge in [-0.05, 0) is 31.8 Å². The number of hydrogen-bond acceptors (Lipinski definition) is 2. The van der Waals surface area contributed by atoms with Gasteiger partial charge in [0.25, 0.3) is 0 Å². The molecular formula is C15H20BrClO2. The van der Waals surface area contributed by atoms with E-state index in [0.29, 0.717) is 10.9 Å². The Balaban J connectivity index is 1.87. The molecule has 6 atom stereocenters. The van der Waals surface area contributed by atoms with E-state index in [4.69, 9.17) is 27.5 Å². The minimum Gasteiger partial charge on any atom is -0.371 e. The summed E-state index contributed by atoms with van der Waals surface area (Å²) in [6, 6.07) is 0. The molecule has 2 saturated heterocycles. The normalized spacial score (nSPS) is 42.8. The molecule has 2 heterocycles. The van der Waals surface area contributed by atoms with Crippen LogP contribution < -0.4 is 0 Å². The van der Waals surface area contributed by atoms with E-state index in [1.807, 2.05) is 6.08 Å². The number of allylic oxidation sites excluding steroid dienone is 1. The maximum absolute atomic E-state index is 6.36. The number of ether oxygens (including phenoxy) is 2. The van der Waals surface area contributed by atoms with Crippen LogP contribution in [0.4, 0.5) is 0 Å². The van der Waals surface area contributed by atoms with E-state index in [1.165, 1.54) is 0 Å². The summed E-state index contributed by atoms with van der Waals surface area (Å²) in [5.41, 5.74) is 0. The van der Waals surface area contributed by atoms with Crippen LogP contribution in [0.1, 0.15) is 32.6 Å². The third kappa shape index (κ3) is 3.76. The van der Waals surface area contributed by atoms with Crippen molar-refractivity contribution in [3.8, 4) is 12.3 Å². The number of rotatable bonds is 4. The lowest BCUT2D eigenvalue weighted by atomic mass is 10.1. The van der Waals surface area contributed by atoms with Gasteiger partial charge in [0.1, 0.15) is 0 Å². The molecule has 2 aliphatic rings. The van der Waals surface area contributed by atoms with Crippen molar-refractivity contribution in [2.75, 3.05) is 0 Å². The zero-order valence-electron chi connectivity index (χ0n) is 11.1. The van der Waals surface area contributed by atoms with E-state index in [0.717, 1.165) is 25.7 Å². The Morgan fingerprint density at radius 1 is 1.32 bits per heavy atom. The molecule has 0 N–H and O–H groups in total. The first-order chi connectivity index (χ1) is 9.15. The predicted octanol–water partition coefficient (Wildman–Crippen LogP) is 3.66. The summed E-state index contributed by atoms with van der Waals surface area (Å²) in [7, 11) is 0. The van der Waals surface area contributed by atoms with Crippen molar-refractivity contribution in [1.29, 1.82) is 0 Å². The van der Waals surface area contributed by atoms with E-state index < -0.39 is 0 Å². The molecule has 0 spiro atoms. The van der Waals surface area contributed by atoms with Crippen molar-refractivity contribution in [1.82, 2.24) is 0 Å². The molecule has 2 aliphatic heterocycles. The number of halogens is 2. The van der Waals surface area contributed by atoms with E-state index in [-0.39, 0.29) is 23.7 Å². The van der Waals surface area contributed by atoms with Gasteiger partial charge in [0.2, 0.25) is 0 Å². The molecule has 2 rings (SSSR count). The van der Waals surface area contributed by atoms with Crippen molar-refractivity contribution in [3.63, 3.8) is 0 Å². The third-order valence-electron chi connectivity index (χ3n) is 3.82. The van der Waals surface area contributed by atoms with Gasteiger partial charge in [-0.2, -0.15) is 0 Å².